The quantitative estimate of drug-likeness (QED) is 0.423. The van der Waals surface area contributed by atoms with Crippen LogP contribution in [0, 0.1) is 6.92 Å². The molecule has 0 saturated heterocycles. The Morgan fingerprint density at radius 3 is 1.79 bits per heavy atom. The van der Waals surface area contributed by atoms with Crippen molar-refractivity contribution in [3.05, 3.63) is 65.2 Å². The number of methoxy groups -OCH3 is 4. The second-order valence-corrected chi connectivity index (χ2v) is 9.01. The standard InChI is InChI=1S/C25H27NO7S/c1-16-6-10-19(11-7-16)34(28,29)26-20-12-17(13-21(27)24(20)32-4)8-9-18-14-22(30-2)25(33-5)23(15-18)31-3/h6-15,26-27H,1-5H3. The lowest BCUT2D eigenvalue weighted by molar-refractivity contribution is 0.324. The van der Waals surface area contributed by atoms with Crippen molar-refractivity contribution in [2.24, 2.45) is 0 Å². The van der Waals surface area contributed by atoms with Gasteiger partial charge in [-0.25, -0.2) is 8.42 Å². The lowest BCUT2D eigenvalue weighted by Gasteiger charge is -2.14. The molecule has 3 rings (SSSR count). The minimum atomic E-state index is -3.90. The van der Waals surface area contributed by atoms with Crippen LogP contribution in [0.2, 0.25) is 0 Å². The van der Waals surface area contributed by atoms with Gasteiger partial charge in [0.05, 0.1) is 39.0 Å². The molecule has 2 N–H and O–H groups in total. The summed E-state index contributed by atoms with van der Waals surface area (Å²) in [5.74, 6) is 1.25. The first-order valence-corrected chi connectivity index (χ1v) is 11.7. The van der Waals surface area contributed by atoms with Gasteiger partial charge in [-0.15, -0.1) is 0 Å². The third kappa shape index (κ3) is 5.37. The molecule has 0 heterocycles. The number of aryl methyl sites for hydroxylation is 1. The van der Waals surface area contributed by atoms with Gasteiger partial charge in [0.25, 0.3) is 10.0 Å². The summed E-state index contributed by atoms with van der Waals surface area (Å²) in [6, 6.07) is 13.0. The Hall–Kier alpha value is -3.85. The first-order valence-electron chi connectivity index (χ1n) is 10.2. The summed E-state index contributed by atoms with van der Waals surface area (Å²) in [4.78, 5) is 0.0954. The van der Waals surface area contributed by atoms with Crippen molar-refractivity contribution in [2.45, 2.75) is 11.8 Å². The highest BCUT2D eigenvalue weighted by molar-refractivity contribution is 7.92. The molecule has 0 spiro atoms. The van der Waals surface area contributed by atoms with E-state index in [0.717, 1.165) is 11.1 Å². The Morgan fingerprint density at radius 1 is 0.765 bits per heavy atom. The zero-order valence-corrected chi connectivity index (χ0v) is 20.4. The molecule has 0 radical (unpaired) electrons. The maximum Gasteiger partial charge on any atom is 0.262 e. The van der Waals surface area contributed by atoms with E-state index in [4.69, 9.17) is 18.9 Å². The molecule has 0 aromatic heterocycles. The number of phenolic OH excluding ortho intramolecular Hbond substituents is 1. The molecule has 3 aromatic rings. The fraction of sp³-hybridized carbons (Fsp3) is 0.200. The van der Waals surface area contributed by atoms with Crippen LogP contribution in [0.15, 0.2) is 53.4 Å². The Labute approximate surface area is 199 Å². The smallest absolute Gasteiger partial charge is 0.262 e. The average Bonchev–Trinajstić information content (AvgIpc) is 2.81. The number of hydrogen-bond acceptors (Lipinski definition) is 7. The summed E-state index contributed by atoms with van der Waals surface area (Å²) in [6.45, 7) is 1.87. The van der Waals surface area contributed by atoms with Gasteiger partial charge in [0.15, 0.2) is 23.0 Å². The monoisotopic (exact) mass is 485 g/mol. The van der Waals surface area contributed by atoms with Gasteiger partial charge in [0, 0.05) is 0 Å². The molecule has 0 atom stereocenters. The third-order valence-corrected chi connectivity index (χ3v) is 6.41. The Kier molecular flexibility index (Phi) is 7.57. The van der Waals surface area contributed by atoms with Crippen LogP contribution < -0.4 is 23.7 Å². The second-order valence-electron chi connectivity index (χ2n) is 7.33. The molecule has 0 fully saturated rings. The molecular formula is C25H27NO7S. The molecule has 9 heteroatoms. The Balaban J connectivity index is 1.98. The molecule has 0 bridgehead atoms. The van der Waals surface area contributed by atoms with Gasteiger partial charge in [-0.05, 0) is 54.4 Å². The van der Waals surface area contributed by atoms with Crippen molar-refractivity contribution >= 4 is 27.9 Å². The lowest BCUT2D eigenvalue weighted by atomic mass is 10.1. The van der Waals surface area contributed by atoms with Gasteiger partial charge < -0.3 is 24.1 Å². The van der Waals surface area contributed by atoms with Crippen molar-refractivity contribution in [3.8, 4) is 28.7 Å². The van der Waals surface area contributed by atoms with Crippen molar-refractivity contribution in [1.82, 2.24) is 0 Å². The topological polar surface area (TPSA) is 103 Å². The number of rotatable bonds is 9. The number of nitrogens with one attached hydrogen (secondary N) is 1. The highest BCUT2D eigenvalue weighted by Crippen LogP contribution is 2.40. The van der Waals surface area contributed by atoms with Gasteiger partial charge in [-0.3, -0.25) is 4.72 Å². The van der Waals surface area contributed by atoms with Crippen LogP contribution in [0.4, 0.5) is 5.69 Å². The van der Waals surface area contributed by atoms with Gasteiger partial charge in [0.2, 0.25) is 5.75 Å². The SMILES string of the molecule is COc1cc(C=Cc2cc(O)c(OC)c(NS(=O)(=O)c3ccc(C)cc3)c2)cc(OC)c1OC. The normalized spacial score (nSPS) is 11.3. The first-order chi connectivity index (χ1) is 16.2. The first kappa shape index (κ1) is 24.8. The minimum absolute atomic E-state index is 0.0145. The predicted molar refractivity (Wildman–Crippen MR) is 132 cm³/mol. The molecule has 8 nitrogen and oxygen atoms in total. The number of anilines is 1. The molecule has 0 aliphatic rings. The van der Waals surface area contributed by atoms with E-state index in [1.54, 1.807) is 42.5 Å². The molecule has 3 aromatic carbocycles. The molecular weight excluding hydrogens is 458 g/mol. The van der Waals surface area contributed by atoms with Crippen LogP contribution in [0.5, 0.6) is 28.7 Å². The molecule has 0 saturated carbocycles. The van der Waals surface area contributed by atoms with Crippen LogP contribution in [0.25, 0.3) is 12.2 Å². The average molecular weight is 486 g/mol. The van der Waals surface area contributed by atoms with E-state index in [1.165, 1.54) is 46.6 Å². The van der Waals surface area contributed by atoms with E-state index in [9.17, 15) is 13.5 Å². The maximum atomic E-state index is 12.9. The van der Waals surface area contributed by atoms with Gasteiger partial charge >= 0.3 is 0 Å². The van der Waals surface area contributed by atoms with Crippen LogP contribution in [-0.4, -0.2) is 42.0 Å². The van der Waals surface area contributed by atoms with E-state index >= 15 is 0 Å². The fourth-order valence-corrected chi connectivity index (χ4v) is 4.39. The summed E-state index contributed by atoms with van der Waals surface area (Å²) in [6.07, 6.45) is 3.48. The van der Waals surface area contributed by atoms with E-state index in [0.29, 0.717) is 22.8 Å². The van der Waals surface area contributed by atoms with E-state index < -0.39 is 10.0 Å². The van der Waals surface area contributed by atoms with Crippen LogP contribution >= 0.6 is 0 Å². The highest BCUT2D eigenvalue weighted by atomic mass is 32.2. The second kappa shape index (κ2) is 10.4. The lowest BCUT2D eigenvalue weighted by Crippen LogP contribution is -2.13. The summed E-state index contributed by atoms with van der Waals surface area (Å²) < 4.78 is 49.6. The molecule has 34 heavy (non-hydrogen) atoms. The van der Waals surface area contributed by atoms with Crippen LogP contribution in [-0.2, 0) is 10.0 Å². The molecule has 0 aliphatic heterocycles. The van der Waals surface area contributed by atoms with E-state index in [-0.39, 0.29) is 22.1 Å². The third-order valence-electron chi connectivity index (χ3n) is 5.03. The van der Waals surface area contributed by atoms with Crippen LogP contribution in [0.3, 0.4) is 0 Å². The number of aromatic hydroxyl groups is 1. The van der Waals surface area contributed by atoms with Gasteiger partial charge in [-0.2, -0.15) is 0 Å². The van der Waals surface area contributed by atoms with E-state index in [1.807, 2.05) is 6.92 Å². The summed E-state index contributed by atoms with van der Waals surface area (Å²) in [7, 11) is 2.03. The molecule has 180 valence electrons. The highest BCUT2D eigenvalue weighted by Gasteiger charge is 2.19. The largest absolute Gasteiger partial charge is 0.504 e. The zero-order chi connectivity index (χ0) is 24.9. The zero-order valence-electron chi connectivity index (χ0n) is 19.6. The number of ether oxygens (including phenoxy) is 4. The summed E-state index contributed by atoms with van der Waals surface area (Å²) in [5, 5.41) is 10.5. The van der Waals surface area contributed by atoms with Gasteiger partial charge in [-0.1, -0.05) is 29.8 Å². The number of phenols is 1. The number of benzene rings is 3. The molecule has 0 amide bonds. The molecule has 0 unspecified atom stereocenters. The minimum Gasteiger partial charge on any atom is -0.504 e. The summed E-state index contributed by atoms with van der Waals surface area (Å²) >= 11 is 0. The Bertz CT molecular complexity index is 1270. The predicted octanol–water partition coefficient (Wildman–Crippen LogP) is 4.71. The van der Waals surface area contributed by atoms with Crippen LogP contribution in [0.1, 0.15) is 16.7 Å². The van der Waals surface area contributed by atoms with Crippen molar-refractivity contribution in [1.29, 1.82) is 0 Å². The fourth-order valence-electron chi connectivity index (χ4n) is 3.33. The van der Waals surface area contributed by atoms with Crippen molar-refractivity contribution < 1.29 is 32.5 Å². The Morgan fingerprint density at radius 2 is 1.29 bits per heavy atom. The van der Waals surface area contributed by atoms with E-state index in [2.05, 4.69) is 4.72 Å². The van der Waals surface area contributed by atoms with Gasteiger partial charge in [0.1, 0.15) is 0 Å². The molecule has 0 aliphatic carbocycles. The summed E-state index contributed by atoms with van der Waals surface area (Å²) in [5.41, 5.74) is 2.32. The van der Waals surface area contributed by atoms with Crippen molar-refractivity contribution in [2.75, 3.05) is 33.2 Å². The maximum absolute atomic E-state index is 12.9. The number of sulfonamides is 1. The number of hydrogen-bond donors (Lipinski definition) is 2. The van der Waals surface area contributed by atoms with Crippen molar-refractivity contribution in [3.63, 3.8) is 0 Å².